The second-order valence-corrected chi connectivity index (χ2v) is 6.17. The van der Waals surface area contributed by atoms with Crippen molar-refractivity contribution in [2.45, 2.75) is 64.8 Å². The van der Waals surface area contributed by atoms with Gasteiger partial charge in [0.15, 0.2) is 0 Å². The predicted octanol–water partition coefficient (Wildman–Crippen LogP) is -0.107. The number of carbonyl (C=O) groups excluding carboxylic acids is 2. The summed E-state index contributed by atoms with van der Waals surface area (Å²) in [4.78, 5) is 23.3. The van der Waals surface area contributed by atoms with E-state index in [2.05, 4.69) is 0 Å². The van der Waals surface area contributed by atoms with Crippen molar-refractivity contribution in [3.8, 4) is 0 Å². The first-order valence-electron chi connectivity index (χ1n) is 7.86. The summed E-state index contributed by atoms with van der Waals surface area (Å²) >= 11 is 0. The molecule has 1 saturated heterocycles. The molecule has 0 aromatic heterocycles. The van der Waals surface area contributed by atoms with E-state index in [4.69, 9.17) is 14.2 Å². The number of rotatable bonds is 6. The highest BCUT2D eigenvalue weighted by Crippen LogP contribution is 2.23. The van der Waals surface area contributed by atoms with Crippen LogP contribution in [0.15, 0.2) is 11.6 Å². The Kier molecular flexibility index (Phi) is 7.82. The highest BCUT2D eigenvalue weighted by molar-refractivity contribution is 5.87. The van der Waals surface area contributed by atoms with Crippen molar-refractivity contribution in [2.24, 2.45) is 5.92 Å². The maximum atomic E-state index is 11.7. The maximum absolute atomic E-state index is 11.7. The Morgan fingerprint density at radius 1 is 1.17 bits per heavy atom. The van der Waals surface area contributed by atoms with Gasteiger partial charge in [0, 0.05) is 12.0 Å². The van der Waals surface area contributed by atoms with E-state index in [0.29, 0.717) is 5.57 Å². The Labute approximate surface area is 141 Å². The molecule has 0 bridgehead atoms. The molecular formula is C16H26O8. The van der Waals surface area contributed by atoms with Crippen molar-refractivity contribution in [1.29, 1.82) is 0 Å². The molecule has 8 heteroatoms. The molecule has 0 aromatic rings. The lowest BCUT2D eigenvalue weighted by molar-refractivity contribution is -0.293. The van der Waals surface area contributed by atoms with Crippen LogP contribution in [0, 0.1) is 5.92 Å². The summed E-state index contributed by atoms with van der Waals surface area (Å²) in [5.41, 5.74) is 0.376. The molecule has 1 heterocycles. The highest BCUT2D eigenvalue weighted by Gasteiger charge is 2.46. The zero-order valence-electron chi connectivity index (χ0n) is 14.3. The molecule has 0 radical (unpaired) electrons. The molecule has 5 unspecified atom stereocenters. The van der Waals surface area contributed by atoms with E-state index in [0.717, 1.165) is 0 Å². The van der Waals surface area contributed by atoms with Crippen molar-refractivity contribution in [3.63, 3.8) is 0 Å². The Morgan fingerprint density at radius 3 is 2.33 bits per heavy atom. The molecule has 5 atom stereocenters. The van der Waals surface area contributed by atoms with Crippen molar-refractivity contribution in [2.75, 3.05) is 6.61 Å². The first-order valence-corrected chi connectivity index (χ1v) is 7.86. The molecule has 24 heavy (non-hydrogen) atoms. The lowest BCUT2D eigenvalue weighted by Gasteiger charge is -2.39. The van der Waals surface area contributed by atoms with Crippen molar-refractivity contribution >= 4 is 11.9 Å². The first kappa shape index (κ1) is 20.6. The minimum Gasteiger partial charge on any atom is -0.459 e. The lowest BCUT2D eigenvalue weighted by atomic mass is 9.99. The Morgan fingerprint density at radius 2 is 1.79 bits per heavy atom. The van der Waals surface area contributed by atoms with Crippen LogP contribution in [0.1, 0.15) is 34.1 Å². The molecule has 1 aliphatic rings. The van der Waals surface area contributed by atoms with Crippen LogP contribution in [0.5, 0.6) is 0 Å². The molecule has 0 amide bonds. The fraction of sp³-hybridized carbons (Fsp3) is 0.750. The third-order valence-corrected chi connectivity index (χ3v) is 3.62. The number of ether oxygens (including phenoxy) is 3. The summed E-state index contributed by atoms with van der Waals surface area (Å²) in [6.07, 6.45) is -5.57. The van der Waals surface area contributed by atoms with Gasteiger partial charge in [0.05, 0.1) is 0 Å². The van der Waals surface area contributed by atoms with Gasteiger partial charge in [-0.15, -0.1) is 0 Å². The first-order chi connectivity index (χ1) is 11.2. The second kappa shape index (κ2) is 9.12. The maximum Gasteiger partial charge on any atom is 0.333 e. The molecule has 1 fully saturated rings. The molecule has 3 N–H and O–H groups in total. The topological polar surface area (TPSA) is 123 Å². The van der Waals surface area contributed by atoms with Crippen LogP contribution in [-0.4, -0.2) is 64.6 Å². The number of aliphatic hydroxyl groups excluding tert-OH is 3. The van der Waals surface area contributed by atoms with Crippen LogP contribution in [-0.2, 0) is 23.8 Å². The van der Waals surface area contributed by atoms with Gasteiger partial charge >= 0.3 is 11.9 Å². The van der Waals surface area contributed by atoms with Crippen molar-refractivity contribution in [3.05, 3.63) is 11.6 Å². The van der Waals surface area contributed by atoms with E-state index in [1.165, 1.54) is 0 Å². The smallest absolute Gasteiger partial charge is 0.333 e. The van der Waals surface area contributed by atoms with Crippen molar-refractivity contribution < 1.29 is 39.1 Å². The van der Waals surface area contributed by atoms with Crippen LogP contribution in [0.4, 0.5) is 0 Å². The molecule has 0 saturated carbocycles. The SMILES string of the molecule is CC=C(C)C(=O)OCC1OC(OC(=O)CC(C)C)C(O)C(O)C1O. The number of hydrogen-bond acceptors (Lipinski definition) is 8. The summed E-state index contributed by atoms with van der Waals surface area (Å²) < 4.78 is 15.3. The Bertz CT molecular complexity index is 473. The van der Waals surface area contributed by atoms with Crippen LogP contribution in [0.3, 0.4) is 0 Å². The Hall–Kier alpha value is -1.48. The average molecular weight is 346 g/mol. The average Bonchev–Trinajstić information content (AvgIpc) is 2.52. The quantitative estimate of drug-likeness (QED) is 0.450. The number of aliphatic hydroxyl groups is 3. The van der Waals surface area contributed by atoms with E-state index in [9.17, 15) is 24.9 Å². The van der Waals surface area contributed by atoms with Gasteiger partial charge in [-0.05, 0) is 19.8 Å². The Balaban J connectivity index is 2.69. The van der Waals surface area contributed by atoms with E-state index >= 15 is 0 Å². The standard InChI is InChI=1S/C16H26O8/c1-5-9(4)15(21)22-7-10-12(18)13(19)14(20)16(23-10)24-11(17)6-8(2)3/h5,8,10,12-14,16,18-20H,6-7H2,1-4H3. The van der Waals surface area contributed by atoms with Crippen molar-refractivity contribution in [1.82, 2.24) is 0 Å². The molecule has 1 aliphatic heterocycles. The number of carbonyl (C=O) groups is 2. The fourth-order valence-corrected chi connectivity index (χ4v) is 2.05. The van der Waals surface area contributed by atoms with Crippen LogP contribution >= 0.6 is 0 Å². The van der Waals surface area contributed by atoms with Crippen LogP contribution in [0.2, 0.25) is 0 Å². The molecule has 8 nitrogen and oxygen atoms in total. The molecular weight excluding hydrogens is 320 g/mol. The molecule has 138 valence electrons. The monoisotopic (exact) mass is 346 g/mol. The largest absolute Gasteiger partial charge is 0.459 e. The van der Waals surface area contributed by atoms with E-state index in [1.54, 1.807) is 19.9 Å². The van der Waals surface area contributed by atoms with Gasteiger partial charge in [-0.3, -0.25) is 4.79 Å². The molecule has 1 rings (SSSR count). The van der Waals surface area contributed by atoms with E-state index in [-0.39, 0.29) is 18.9 Å². The van der Waals surface area contributed by atoms with E-state index in [1.807, 2.05) is 13.8 Å². The van der Waals surface area contributed by atoms with Gasteiger partial charge in [0.2, 0.25) is 6.29 Å². The molecule has 0 aliphatic carbocycles. The number of allylic oxidation sites excluding steroid dienone is 1. The zero-order chi connectivity index (χ0) is 18.4. The predicted molar refractivity (Wildman–Crippen MR) is 82.6 cm³/mol. The molecule has 0 spiro atoms. The van der Waals surface area contributed by atoms with Gasteiger partial charge in [-0.25, -0.2) is 4.79 Å². The third kappa shape index (κ3) is 5.55. The summed E-state index contributed by atoms with van der Waals surface area (Å²) in [7, 11) is 0. The van der Waals surface area contributed by atoms with Gasteiger partial charge in [0.25, 0.3) is 0 Å². The minimum absolute atomic E-state index is 0.0503. The van der Waals surface area contributed by atoms with Crippen LogP contribution in [0.25, 0.3) is 0 Å². The number of hydrogen-bond donors (Lipinski definition) is 3. The van der Waals surface area contributed by atoms with Gasteiger partial charge in [-0.2, -0.15) is 0 Å². The third-order valence-electron chi connectivity index (χ3n) is 3.62. The summed E-state index contributed by atoms with van der Waals surface area (Å²) in [5, 5.41) is 29.7. The highest BCUT2D eigenvalue weighted by atomic mass is 16.7. The minimum atomic E-state index is -1.60. The van der Waals surface area contributed by atoms with E-state index < -0.39 is 42.6 Å². The van der Waals surface area contributed by atoms with Crippen LogP contribution < -0.4 is 0 Å². The summed E-state index contributed by atoms with van der Waals surface area (Å²) in [5.74, 6) is -1.14. The zero-order valence-corrected chi connectivity index (χ0v) is 14.3. The second-order valence-electron chi connectivity index (χ2n) is 6.17. The number of esters is 2. The lowest BCUT2D eigenvalue weighted by Crippen LogP contribution is -2.59. The molecule has 0 aromatic carbocycles. The van der Waals surface area contributed by atoms with Gasteiger partial charge < -0.3 is 29.5 Å². The normalized spacial score (nSPS) is 31.0. The van der Waals surface area contributed by atoms with Gasteiger partial charge in [-0.1, -0.05) is 19.9 Å². The fourth-order valence-electron chi connectivity index (χ4n) is 2.05. The summed E-state index contributed by atoms with van der Waals surface area (Å²) in [6, 6.07) is 0. The van der Waals surface area contributed by atoms with Gasteiger partial charge in [0.1, 0.15) is 31.0 Å². The summed E-state index contributed by atoms with van der Waals surface area (Å²) in [6.45, 7) is 6.53.